The number of amides is 2. The van der Waals surface area contributed by atoms with E-state index < -0.39 is 5.54 Å². The normalized spacial score (nSPS) is 17.3. The number of thiazole rings is 1. The second kappa shape index (κ2) is 5.99. The van der Waals surface area contributed by atoms with Crippen LogP contribution in [0.4, 0.5) is 4.39 Å². The fourth-order valence-electron chi connectivity index (χ4n) is 3.34. The van der Waals surface area contributed by atoms with Crippen LogP contribution in [0.5, 0.6) is 0 Å². The maximum atomic E-state index is 13.1. The number of aromatic nitrogens is 1. The number of hydrogen-bond acceptors (Lipinski definition) is 4. The molecule has 2 amide bonds. The largest absolute Gasteiger partial charge is 0.269 e. The summed E-state index contributed by atoms with van der Waals surface area (Å²) in [4.78, 5) is 31.6. The molecule has 1 aromatic carbocycles. The van der Waals surface area contributed by atoms with Gasteiger partial charge in [-0.25, -0.2) is 9.37 Å². The zero-order valence-electron chi connectivity index (χ0n) is 14.5. The zero-order valence-corrected chi connectivity index (χ0v) is 15.3. The number of rotatable bonds is 3. The lowest BCUT2D eigenvalue weighted by Gasteiger charge is -2.32. The third-order valence-corrected chi connectivity index (χ3v) is 5.74. The number of carbonyl (C=O) groups excluding carboxylic acids is 2. The molecule has 4 nitrogen and oxygen atoms in total. The van der Waals surface area contributed by atoms with Crippen LogP contribution in [0.15, 0.2) is 52.9 Å². The summed E-state index contributed by atoms with van der Waals surface area (Å²) in [5, 5.41) is 2.58. The van der Waals surface area contributed by atoms with Crippen molar-refractivity contribution in [2.45, 2.75) is 32.2 Å². The third-order valence-electron chi connectivity index (χ3n) is 4.85. The van der Waals surface area contributed by atoms with Crippen LogP contribution in [0.3, 0.4) is 0 Å². The smallest absolute Gasteiger partial charge is 0.262 e. The van der Waals surface area contributed by atoms with Gasteiger partial charge in [-0.05, 0) is 51.0 Å². The Balaban J connectivity index is 1.67. The van der Waals surface area contributed by atoms with Crippen LogP contribution < -0.4 is 0 Å². The third kappa shape index (κ3) is 2.52. The minimum absolute atomic E-state index is 0.226. The van der Waals surface area contributed by atoms with Crippen LogP contribution in [0.2, 0.25) is 0 Å². The molecule has 0 fully saturated rings. The highest BCUT2D eigenvalue weighted by atomic mass is 32.1. The number of carbonyl (C=O) groups is 2. The van der Waals surface area contributed by atoms with Gasteiger partial charge < -0.3 is 0 Å². The predicted octanol–water partition coefficient (Wildman–Crippen LogP) is 4.20. The van der Waals surface area contributed by atoms with Crippen LogP contribution in [0.25, 0.3) is 10.6 Å². The Kier molecular flexibility index (Phi) is 3.88. The maximum Gasteiger partial charge on any atom is 0.262 e. The van der Waals surface area contributed by atoms with E-state index in [1.807, 2.05) is 25.3 Å². The molecule has 26 heavy (non-hydrogen) atoms. The molecule has 2 aliphatic rings. The van der Waals surface area contributed by atoms with Crippen molar-refractivity contribution in [3.05, 3.63) is 64.5 Å². The lowest BCUT2D eigenvalue weighted by molar-refractivity contribution is -0.144. The van der Waals surface area contributed by atoms with E-state index in [1.165, 1.54) is 28.4 Å². The van der Waals surface area contributed by atoms with Gasteiger partial charge in [0.2, 0.25) is 0 Å². The molecule has 0 bridgehead atoms. The molecule has 2 aromatic rings. The summed E-state index contributed by atoms with van der Waals surface area (Å²) >= 11 is 1.41. The first-order valence-electron chi connectivity index (χ1n) is 8.40. The molecule has 0 spiro atoms. The number of nitrogens with zero attached hydrogens (tertiary/aromatic N) is 2. The SMILES string of the molecule is CC(C)(c1csc(-c2ccc(F)cc2)n1)N1C(=O)C2=C(CCC=C2)C1=O. The minimum atomic E-state index is -0.867. The maximum absolute atomic E-state index is 13.1. The van der Waals surface area contributed by atoms with E-state index in [1.54, 1.807) is 18.2 Å². The summed E-state index contributed by atoms with van der Waals surface area (Å²) in [6, 6.07) is 6.11. The number of allylic oxidation sites excluding steroid dienone is 1. The molecule has 0 atom stereocenters. The molecule has 4 rings (SSSR count). The van der Waals surface area contributed by atoms with Gasteiger partial charge in [-0.15, -0.1) is 11.3 Å². The Hall–Kier alpha value is -2.60. The summed E-state index contributed by atoms with van der Waals surface area (Å²) in [5.74, 6) is -0.790. The monoisotopic (exact) mass is 368 g/mol. The van der Waals surface area contributed by atoms with Crippen molar-refractivity contribution in [2.75, 3.05) is 0 Å². The van der Waals surface area contributed by atoms with Crippen molar-refractivity contribution in [3.8, 4) is 10.6 Å². The van der Waals surface area contributed by atoms with Crippen molar-refractivity contribution in [1.82, 2.24) is 9.88 Å². The molecule has 0 N–H and O–H groups in total. The average molecular weight is 368 g/mol. The van der Waals surface area contributed by atoms with E-state index in [4.69, 9.17) is 0 Å². The van der Waals surface area contributed by atoms with Crippen molar-refractivity contribution < 1.29 is 14.0 Å². The van der Waals surface area contributed by atoms with E-state index in [0.717, 1.165) is 17.0 Å². The topological polar surface area (TPSA) is 50.3 Å². The lowest BCUT2D eigenvalue weighted by Crippen LogP contribution is -2.46. The van der Waals surface area contributed by atoms with Gasteiger partial charge in [0, 0.05) is 22.1 Å². The molecular formula is C20H17FN2O2S. The second-order valence-corrected chi connectivity index (χ2v) is 7.74. The van der Waals surface area contributed by atoms with Crippen molar-refractivity contribution >= 4 is 23.2 Å². The molecule has 0 radical (unpaired) electrons. The van der Waals surface area contributed by atoms with Crippen LogP contribution >= 0.6 is 11.3 Å². The highest BCUT2D eigenvalue weighted by Crippen LogP contribution is 2.39. The van der Waals surface area contributed by atoms with Crippen LogP contribution in [0, 0.1) is 5.82 Å². The van der Waals surface area contributed by atoms with E-state index in [9.17, 15) is 14.0 Å². The Bertz CT molecular complexity index is 970. The highest BCUT2D eigenvalue weighted by molar-refractivity contribution is 7.13. The summed E-state index contributed by atoms with van der Waals surface area (Å²) < 4.78 is 13.1. The predicted molar refractivity (Wildman–Crippen MR) is 97.8 cm³/mol. The first-order valence-corrected chi connectivity index (χ1v) is 9.28. The first-order chi connectivity index (χ1) is 12.4. The molecule has 1 aromatic heterocycles. The lowest BCUT2D eigenvalue weighted by atomic mass is 9.98. The average Bonchev–Trinajstić information content (AvgIpc) is 3.21. The molecule has 2 heterocycles. The Morgan fingerprint density at radius 3 is 2.58 bits per heavy atom. The van der Waals surface area contributed by atoms with Gasteiger partial charge in [-0.1, -0.05) is 12.2 Å². The Morgan fingerprint density at radius 2 is 1.88 bits per heavy atom. The molecule has 6 heteroatoms. The van der Waals surface area contributed by atoms with Gasteiger partial charge >= 0.3 is 0 Å². The van der Waals surface area contributed by atoms with Gasteiger partial charge in [0.05, 0.1) is 11.2 Å². The fourth-order valence-corrected chi connectivity index (χ4v) is 4.32. The Morgan fingerprint density at radius 1 is 1.15 bits per heavy atom. The standard InChI is InChI=1S/C20H17FN2O2S/c1-20(2,23-18(24)14-5-3-4-6-15(14)19(23)25)16-11-26-17(22-16)12-7-9-13(21)10-8-12/h3,5,7-11H,4,6H2,1-2H3. The molecule has 132 valence electrons. The Labute approximate surface area is 154 Å². The molecule has 1 aliphatic carbocycles. The number of halogens is 1. The first kappa shape index (κ1) is 16.8. The minimum Gasteiger partial charge on any atom is -0.269 e. The van der Waals surface area contributed by atoms with Gasteiger partial charge in [-0.2, -0.15) is 0 Å². The van der Waals surface area contributed by atoms with E-state index in [2.05, 4.69) is 4.98 Å². The van der Waals surface area contributed by atoms with Crippen molar-refractivity contribution in [1.29, 1.82) is 0 Å². The number of hydrogen-bond donors (Lipinski definition) is 0. The molecule has 1 aliphatic heterocycles. The zero-order chi connectivity index (χ0) is 18.5. The van der Waals surface area contributed by atoms with Gasteiger partial charge in [0.1, 0.15) is 10.8 Å². The molecule has 0 unspecified atom stereocenters. The summed E-state index contributed by atoms with van der Waals surface area (Å²) in [7, 11) is 0. The van der Waals surface area contributed by atoms with Gasteiger partial charge in [-0.3, -0.25) is 14.5 Å². The van der Waals surface area contributed by atoms with Gasteiger partial charge in [0.25, 0.3) is 11.8 Å². The van der Waals surface area contributed by atoms with Crippen LogP contribution in [-0.4, -0.2) is 21.7 Å². The van der Waals surface area contributed by atoms with Crippen LogP contribution in [0.1, 0.15) is 32.4 Å². The van der Waals surface area contributed by atoms with Crippen molar-refractivity contribution in [2.24, 2.45) is 0 Å². The van der Waals surface area contributed by atoms with E-state index in [-0.39, 0.29) is 17.6 Å². The van der Waals surface area contributed by atoms with Crippen LogP contribution in [-0.2, 0) is 15.1 Å². The van der Waals surface area contributed by atoms with Crippen molar-refractivity contribution in [3.63, 3.8) is 0 Å². The van der Waals surface area contributed by atoms with E-state index >= 15 is 0 Å². The summed E-state index contributed by atoms with van der Waals surface area (Å²) in [5.41, 5.74) is 1.68. The molecular weight excluding hydrogens is 351 g/mol. The quantitative estimate of drug-likeness (QED) is 0.763. The molecule has 0 saturated carbocycles. The number of benzene rings is 1. The summed E-state index contributed by atoms with van der Waals surface area (Å²) in [6.07, 6.45) is 5.05. The summed E-state index contributed by atoms with van der Waals surface area (Å²) in [6.45, 7) is 3.66. The molecule has 0 saturated heterocycles. The second-order valence-electron chi connectivity index (χ2n) is 6.88. The van der Waals surface area contributed by atoms with E-state index in [0.29, 0.717) is 23.3 Å². The fraction of sp³-hybridized carbons (Fsp3) is 0.250. The van der Waals surface area contributed by atoms with Gasteiger partial charge in [0.15, 0.2) is 0 Å². The highest BCUT2D eigenvalue weighted by Gasteiger charge is 2.46. The number of imide groups is 1.